The van der Waals surface area contributed by atoms with Crippen molar-refractivity contribution in [1.29, 1.82) is 0 Å². The number of rotatable bonds is 7. The van der Waals surface area contributed by atoms with E-state index >= 15 is 0 Å². The van der Waals surface area contributed by atoms with Crippen LogP contribution in [0.25, 0.3) is 0 Å². The molecule has 1 saturated heterocycles. The number of primary amides is 1. The molecule has 0 bridgehead atoms. The smallest absolute Gasteiger partial charge is 0.339 e. The molecule has 3 N–H and O–H groups in total. The molecule has 9 nitrogen and oxygen atoms in total. The lowest BCUT2D eigenvalue weighted by Crippen LogP contribution is -2.52. The largest absolute Gasteiger partial charge is 0.489 e. The van der Waals surface area contributed by atoms with Gasteiger partial charge in [-0.3, -0.25) is 9.69 Å². The summed E-state index contributed by atoms with van der Waals surface area (Å²) in [5, 5.41) is 10.00. The maximum absolute atomic E-state index is 12.2. The zero-order chi connectivity index (χ0) is 23.1. The highest BCUT2D eigenvalue weighted by molar-refractivity contribution is 5.89. The first-order valence-corrected chi connectivity index (χ1v) is 12.2. The third kappa shape index (κ3) is 4.53. The minimum absolute atomic E-state index is 0.395. The van der Waals surface area contributed by atoms with E-state index in [1.54, 1.807) is 0 Å². The van der Waals surface area contributed by atoms with Crippen LogP contribution in [0, 0.1) is 5.92 Å². The Bertz CT molecular complexity index is 902. The van der Waals surface area contributed by atoms with Gasteiger partial charge in [0.1, 0.15) is 0 Å². The fourth-order valence-corrected chi connectivity index (χ4v) is 5.29. The lowest BCUT2D eigenvalue weighted by atomic mass is 9.77. The molecule has 1 aromatic rings. The van der Waals surface area contributed by atoms with Crippen LogP contribution in [0.4, 0.5) is 5.82 Å². The Balaban J connectivity index is 1.08. The number of nitrogens with zero attached hydrogens (tertiary/aromatic N) is 3. The van der Waals surface area contributed by atoms with Crippen molar-refractivity contribution < 1.29 is 24.2 Å². The Labute approximate surface area is 194 Å². The van der Waals surface area contributed by atoms with Gasteiger partial charge in [0.05, 0.1) is 6.61 Å². The number of fused-ring (bicyclic) bond motifs is 1. The van der Waals surface area contributed by atoms with Gasteiger partial charge in [-0.2, -0.15) is 0 Å². The molecule has 3 heterocycles. The number of ether oxygens (including phenoxy) is 2. The Morgan fingerprint density at radius 3 is 2.58 bits per heavy atom. The highest BCUT2D eigenvalue weighted by atomic mass is 16.6. The Morgan fingerprint density at radius 1 is 1.18 bits per heavy atom. The third-order valence-electron chi connectivity index (χ3n) is 7.86. The van der Waals surface area contributed by atoms with E-state index in [1.165, 1.54) is 5.56 Å². The molecule has 0 spiro atoms. The van der Waals surface area contributed by atoms with Crippen LogP contribution in [0.5, 0.6) is 5.75 Å². The van der Waals surface area contributed by atoms with Gasteiger partial charge in [-0.05, 0) is 63.5 Å². The predicted octanol–water partition coefficient (Wildman–Crippen LogP) is 1.01. The molecule has 9 heteroatoms. The zero-order valence-corrected chi connectivity index (χ0v) is 19.1. The lowest BCUT2D eigenvalue weighted by molar-refractivity contribution is -0.181. The highest BCUT2D eigenvalue weighted by Gasteiger charge is 2.54. The SMILES string of the molecule is NC(=O)C1(OC(=O)C2(O)CC2)CCC(CCN2CCN(c3nccc4c3OCC4)CC2)CC1. The van der Waals surface area contributed by atoms with E-state index in [4.69, 9.17) is 15.2 Å². The number of carbonyl (C=O) groups is 2. The van der Waals surface area contributed by atoms with Crippen molar-refractivity contribution >= 4 is 17.7 Å². The van der Waals surface area contributed by atoms with Gasteiger partial charge in [0.2, 0.25) is 0 Å². The molecule has 0 aromatic carbocycles. The summed E-state index contributed by atoms with van der Waals surface area (Å²) in [6.45, 7) is 5.59. The van der Waals surface area contributed by atoms with Gasteiger partial charge >= 0.3 is 5.97 Å². The number of nitrogens with two attached hydrogens (primary N) is 1. The maximum Gasteiger partial charge on any atom is 0.339 e. The molecule has 5 rings (SSSR count). The number of esters is 1. The van der Waals surface area contributed by atoms with Gasteiger partial charge in [0, 0.05) is 44.4 Å². The number of aromatic nitrogens is 1. The molecule has 2 aliphatic carbocycles. The van der Waals surface area contributed by atoms with Crippen molar-refractivity contribution in [3.63, 3.8) is 0 Å². The molecule has 0 radical (unpaired) electrons. The summed E-state index contributed by atoms with van der Waals surface area (Å²) >= 11 is 0. The summed E-state index contributed by atoms with van der Waals surface area (Å²) < 4.78 is 11.3. The molecule has 4 aliphatic rings. The van der Waals surface area contributed by atoms with Crippen molar-refractivity contribution in [2.24, 2.45) is 11.7 Å². The van der Waals surface area contributed by atoms with E-state index in [9.17, 15) is 14.7 Å². The average Bonchev–Trinajstić information content (AvgIpc) is 3.39. The molecular weight excluding hydrogens is 424 g/mol. The lowest BCUT2D eigenvalue weighted by Gasteiger charge is -2.39. The number of amides is 1. The van der Waals surface area contributed by atoms with Crippen molar-refractivity contribution in [3.05, 3.63) is 17.8 Å². The number of aliphatic hydroxyl groups is 1. The zero-order valence-electron chi connectivity index (χ0n) is 19.1. The second-order valence-corrected chi connectivity index (χ2v) is 10.1. The number of pyridine rings is 1. The molecule has 2 saturated carbocycles. The first kappa shape index (κ1) is 22.4. The topological polar surface area (TPSA) is 118 Å². The first-order chi connectivity index (χ1) is 15.9. The van der Waals surface area contributed by atoms with Crippen LogP contribution in [-0.4, -0.2) is 77.4 Å². The monoisotopic (exact) mass is 458 g/mol. The van der Waals surface area contributed by atoms with Gasteiger partial charge in [-0.1, -0.05) is 0 Å². The summed E-state index contributed by atoms with van der Waals surface area (Å²) in [5.41, 5.74) is 4.21. The Kier molecular flexibility index (Phi) is 5.95. The normalized spacial score (nSPS) is 28.6. The molecule has 3 fully saturated rings. The molecule has 2 aliphatic heterocycles. The van der Waals surface area contributed by atoms with Crippen LogP contribution in [0.1, 0.15) is 50.5 Å². The van der Waals surface area contributed by atoms with Gasteiger partial charge in [-0.15, -0.1) is 0 Å². The molecule has 0 atom stereocenters. The average molecular weight is 459 g/mol. The minimum Gasteiger partial charge on any atom is -0.489 e. The van der Waals surface area contributed by atoms with Crippen molar-refractivity contribution in [2.45, 2.75) is 62.6 Å². The van der Waals surface area contributed by atoms with E-state index < -0.39 is 23.1 Å². The first-order valence-electron chi connectivity index (χ1n) is 12.2. The number of hydrogen-bond donors (Lipinski definition) is 2. The minimum atomic E-state index is -1.40. The molecule has 33 heavy (non-hydrogen) atoms. The summed E-state index contributed by atoms with van der Waals surface area (Å²) in [7, 11) is 0. The fourth-order valence-electron chi connectivity index (χ4n) is 5.29. The van der Waals surface area contributed by atoms with E-state index in [2.05, 4.69) is 14.8 Å². The maximum atomic E-state index is 12.2. The quantitative estimate of drug-likeness (QED) is 0.582. The van der Waals surface area contributed by atoms with Crippen molar-refractivity contribution in [2.75, 3.05) is 44.2 Å². The number of hydrogen-bond acceptors (Lipinski definition) is 8. The summed E-state index contributed by atoms with van der Waals surface area (Å²) in [6, 6.07) is 2.05. The number of carbonyl (C=O) groups excluding carboxylic acids is 2. The van der Waals surface area contributed by atoms with Crippen LogP contribution in [0.3, 0.4) is 0 Å². The number of piperazine rings is 1. The van der Waals surface area contributed by atoms with Crippen LogP contribution < -0.4 is 15.4 Å². The summed E-state index contributed by atoms with van der Waals surface area (Å²) in [6.07, 6.45) is 7.16. The molecule has 0 unspecified atom stereocenters. The Hall–Kier alpha value is -2.39. The second-order valence-electron chi connectivity index (χ2n) is 10.1. The highest BCUT2D eigenvalue weighted by Crippen LogP contribution is 2.42. The van der Waals surface area contributed by atoms with Crippen molar-refractivity contribution in [3.8, 4) is 5.75 Å². The third-order valence-corrected chi connectivity index (χ3v) is 7.86. The number of anilines is 1. The fraction of sp³-hybridized carbons (Fsp3) is 0.708. The van der Waals surface area contributed by atoms with Gasteiger partial charge < -0.3 is 25.2 Å². The van der Waals surface area contributed by atoms with E-state index in [0.717, 1.165) is 76.6 Å². The summed E-state index contributed by atoms with van der Waals surface area (Å²) in [4.78, 5) is 33.7. The van der Waals surface area contributed by atoms with Gasteiger partial charge in [0.15, 0.2) is 22.8 Å². The predicted molar refractivity (Wildman–Crippen MR) is 121 cm³/mol. The summed E-state index contributed by atoms with van der Waals surface area (Å²) in [5.74, 6) is 1.12. The molecule has 1 aromatic heterocycles. The Morgan fingerprint density at radius 2 is 1.91 bits per heavy atom. The van der Waals surface area contributed by atoms with Gasteiger partial charge in [0.25, 0.3) is 5.91 Å². The standard InChI is InChI=1S/C24H34N4O5/c25-21(29)24(33-22(30)23(31)8-9-23)6-1-17(2-7-24)4-11-27-12-14-28(15-13-27)20-19-18(3-10-26-20)5-16-32-19/h3,10,17,31H,1-2,4-9,11-16H2,(H2,25,29). The molecule has 180 valence electrons. The van der Waals surface area contributed by atoms with E-state index in [1.807, 2.05) is 12.3 Å². The second kappa shape index (κ2) is 8.76. The van der Waals surface area contributed by atoms with Crippen LogP contribution in [0.15, 0.2) is 12.3 Å². The van der Waals surface area contributed by atoms with Crippen molar-refractivity contribution in [1.82, 2.24) is 9.88 Å². The molecular formula is C24H34N4O5. The van der Waals surface area contributed by atoms with Crippen LogP contribution in [-0.2, 0) is 20.7 Å². The van der Waals surface area contributed by atoms with Crippen LogP contribution >= 0.6 is 0 Å². The van der Waals surface area contributed by atoms with E-state index in [-0.39, 0.29) is 0 Å². The van der Waals surface area contributed by atoms with Crippen LogP contribution in [0.2, 0.25) is 0 Å². The van der Waals surface area contributed by atoms with E-state index in [0.29, 0.717) is 31.6 Å². The van der Waals surface area contributed by atoms with Gasteiger partial charge in [-0.25, -0.2) is 9.78 Å². The molecule has 1 amide bonds.